The minimum absolute atomic E-state index is 0.0299. The van der Waals surface area contributed by atoms with Crippen molar-refractivity contribution >= 4 is 21.7 Å². The van der Waals surface area contributed by atoms with Crippen LogP contribution in [0.4, 0.5) is 4.39 Å². The third-order valence-corrected chi connectivity index (χ3v) is 7.45. The molecule has 2 aromatic carbocycles. The number of sulfone groups is 1. The number of aliphatic carboxylic acids is 1. The average Bonchev–Trinajstić information content (AvgIpc) is 2.68. The summed E-state index contributed by atoms with van der Waals surface area (Å²) < 4.78 is 44.4. The number of carbonyl (C=O) groups is 2. The van der Waals surface area contributed by atoms with Gasteiger partial charge in [-0.25, -0.2) is 18.3 Å². The first kappa shape index (κ1) is 22.7. The van der Waals surface area contributed by atoms with Gasteiger partial charge < -0.3 is 15.6 Å². The zero-order chi connectivity index (χ0) is 22.9. The van der Waals surface area contributed by atoms with Crippen molar-refractivity contribution in [2.75, 3.05) is 5.75 Å². The van der Waals surface area contributed by atoms with Gasteiger partial charge in [-0.2, -0.15) is 0 Å². The van der Waals surface area contributed by atoms with Crippen LogP contribution in [-0.4, -0.2) is 41.9 Å². The maximum atomic E-state index is 13.0. The van der Waals surface area contributed by atoms with Crippen LogP contribution in [0, 0.1) is 11.2 Å². The van der Waals surface area contributed by atoms with Crippen LogP contribution in [0.25, 0.3) is 0 Å². The van der Waals surface area contributed by atoms with Gasteiger partial charge in [0.2, 0.25) is 0 Å². The molecule has 1 saturated carbocycles. The number of hydrogen-bond donors (Lipinski definition) is 4. The van der Waals surface area contributed by atoms with Crippen molar-refractivity contribution in [3.05, 3.63) is 54.3 Å². The molecule has 0 aromatic heterocycles. The van der Waals surface area contributed by atoms with E-state index in [1.54, 1.807) is 0 Å². The molecule has 0 spiro atoms. The third-order valence-electron chi connectivity index (χ3n) is 5.63. The predicted octanol–water partition coefficient (Wildman–Crippen LogP) is 1.85. The van der Waals surface area contributed by atoms with Crippen molar-refractivity contribution in [3.63, 3.8) is 0 Å². The number of nitrogens with two attached hydrogens (primary N) is 1. The van der Waals surface area contributed by atoms with E-state index in [4.69, 9.17) is 15.7 Å². The molecule has 0 heterocycles. The van der Waals surface area contributed by atoms with Crippen molar-refractivity contribution in [3.8, 4) is 11.5 Å². The van der Waals surface area contributed by atoms with Crippen LogP contribution < -0.4 is 16.0 Å². The van der Waals surface area contributed by atoms with Gasteiger partial charge in [-0.3, -0.25) is 14.8 Å². The number of ether oxygens (including phenoxy) is 1. The highest BCUT2D eigenvalue weighted by Crippen LogP contribution is 2.49. The average molecular weight is 452 g/mol. The summed E-state index contributed by atoms with van der Waals surface area (Å²) in [5.41, 5.74) is 3.24. The highest BCUT2D eigenvalue weighted by Gasteiger charge is 2.63. The summed E-state index contributed by atoms with van der Waals surface area (Å²) >= 11 is 0. The van der Waals surface area contributed by atoms with Crippen LogP contribution in [0.2, 0.25) is 0 Å². The molecule has 0 radical (unpaired) electrons. The second kappa shape index (κ2) is 8.25. The molecule has 11 heteroatoms. The van der Waals surface area contributed by atoms with Crippen molar-refractivity contribution in [1.82, 2.24) is 5.48 Å². The maximum Gasteiger partial charge on any atom is 0.325 e. The lowest BCUT2D eigenvalue weighted by atomic mass is 9.57. The van der Waals surface area contributed by atoms with Gasteiger partial charge in [0.05, 0.1) is 16.1 Å². The summed E-state index contributed by atoms with van der Waals surface area (Å²) in [5, 5.41) is 18.7. The SMILES string of the molecule is NC(CS(=O)(=O)c1ccc(Oc2ccc(F)cc2)cc1)(C(=O)O)C1(C(=O)NO)CCC1. The number of halogens is 1. The van der Waals surface area contributed by atoms with Crippen molar-refractivity contribution in [2.24, 2.45) is 11.1 Å². The predicted molar refractivity (Wildman–Crippen MR) is 106 cm³/mol. The fourth-order valence-electron chi connectivity index (χ4n) is 3.65. The Morgan fingerprint density at radius 1 is 1.10 bits per heavy atom. The van der Waals surface area contributed by atoms with E-state index in [9.17, 15) is 27.5 Å². The van der Waals surface area contributed by atoms with Crippen LogP contribution in [0.5, 0.6) is 11.5 Å². The van der Waals surface area contributed by atoms with Gasteiger partial charge in [0, 0.05) is 0 Å². The summed E-state index contributed by atoms with van der Waals surface area (Å²) in [6, 6.07) is 10.4. The summed E-state index contributed by atoms with van der Waals surface area (Å²) in [4.78, 5) is 23.9. The number of rotatable bonds is 8. The van der Waals surface area contributed by atoms with Crippen LogP contribution >= 0.6 is 0 Å². The van der Waals surface area contributed by atoms with Crippen LogP contribution in [0.1, 0.15) is 19.3 Å². The Bertz CT molecular complexity index is 1080. The molecular weight excluding hydrogens is 431 g/mol. The summed E-state index contributed by atoms with van der Waals surface area (Å²) in [7, 11) is -4.23. The number of carboxylic acid groups (broad SMARTS) is 1. The Balaban J connectivity index is 1.85. The summed E-state index contributed by atoms with van der Waals surface area (Å²) in [5.74, 6) is -3.54. The Morgan fingerprint density at radius 2 is 1.61 bits per heavy atom. The van der Waals surface area contributed by atoms with Gasteiger partial charge in [0.15, 0.2) is 9.84 Å². The Kier molecular flexibility index (Phi) is 6.03. The lowest BCUT2D eigenvalue weighted by Crippen LogP contribution is -2.71. The fraction of sp³-hybridized carbons (Fsp3) is 0.300. The number of benzene rings is 2. The molecule has 0 aliphatic heterocycles. The lowest BCUT2D eigenvalue weighted by molar-refractivity contribution is -0.164. The van der Waals surface area contributed by atoms with Gasteiger partial charge in [-0.1, -0.05) is 6.42 Å². The number of carboxylic acids is 1. The summed E-state index contributed by atoms with van der Waals surface area (Å²) in [6.07, 6.45) is 0.527. The van der Waals surface area contributed by atoms with Gasteiger partial charge in [0.25, 0.3) is 5.91 Å². The minimum atomic E-state index is -4.23. The van der Waals surface area contributed by atoms with Crippen LogP contribution in [0.15, 0.2) is 53.4 Å². The highest BCUT2D eigenvalue weighted by atomic mass is 32.2. The molecule has 1 fully saturated rings. The van der Waals surface area contributed by atoms with E-state index in [-0.39, 0.29) is 23.5 Å². The van der Waals surface area contributed by atoms with Gasteiger partial charge in [-0.15, -0.1) is 0 Å². The highest BCUT2D eigenvalue weighted by molar-refractivity contribution is 7.91. The molecule has 1 unspecified atom stereocenters. The van der Waals surface area contributed by atoms with E-state index in [0.717, 1.165) is 0 Å². The standard InChI is InChI=1S/C20H21FN2O7S/c21-13-2-4-14(5-3-13)30-15-6-8-16(9-7-15)31(28,29)12-20(22,18(25)26)19(10-1-11-19)17(24)23-27/h2-9,27H,1,10-12,22H2,(H,23,24)(H,25,26). The first-order chi connectivity index (χ1) is 14.5. The fourth-order valence-corrected chi connectivity index (χ4v) is 5.37. The first-order valence-corrected chi connectivity index (χ1v) is 10.9. The number of nitrogens with one attached hydrogen (secondary N) is 1. The van der Waals surface area contributed by atoms with Gasteiger partial charge in [0.1, 0.15) is 22.9 Å². The molecule has 1 amide bonds. The Morgan fingerprint density at radius 3 is 2.03 bits per heavy atom. The molecule has 3 rings (SSSR count). The Labute approximate surface area is 177 Å². The van der Waals surface area contributed by atoms with E-state index >= 15 is 0 Å². The molecule has 1 atom stereocenters. The molecule has 5 N–H and O–H groups in total. The van der Waals surface area contributed by atoms with Gasteiger partial charge >= 0.3 is 5.97 Å². The summed E-state index contributed by atoms with van der Waals surface area (Å²) in [6.45, 7) is 0. The topological polar surface area (TPSA) is 156 Å². The largest absolute Gasteiger partial charge is 0.480 e. The van der Waals surface area contributed by atoms with E-state index in [2.05, 4.69) is 0 Å². The van der Waals surface area contributed by atoms with Crippen LogP contribution in [0.3, 0.4) is 0 Å². The van der Waals surface area contributed by atoms with E-state index in [1.165, 1.54) is 54.0 Å². The second-order valence-corrected chi connectivity index (χ2v) is 9.43. The molecule has 1 aliphatic rings. The molecule has 2 aromatic rings. The molecule has 1 aliphatic carbocycles. The first-order valence-electron chi connectivity index (χ1n) is 9.27. The van der Waals surface area contributed by atoms with Crippen LogP contribution in [-0.2, 0) is 19.4 Å². The van der Waals surface area contributed by atoms with E-state index < -0.39 is 44.2 Å². The minimum Gasteiger partial charge on any atom is -0.480 e. The zero-order valence-corrected chi connectivity index (χ0v) is 17.1. The molecule has 166 valence electrons. The van der Waals surface area contributed by atoms with Crippen molar-refractivity contribution in [1.29, 1.82) is 0 Å². The third kappa shape index (κ3) is 4.11. The zero-order valence-electron chi connectivity index (χ0n) is 16.2. The number of amides is 1. The van der Waals surface area contributed by atoms with Gasteiger partial charge in [-0.05, 0) is 61.4 Å². The lowest BCUT2D eigenvalue weighted by Gasteiger charge is -2.49. The molecule has 0 bridgehead atoms. The molecular formula is C20H21FN2O7S. The second-order valence-electron chi connectivity index (χ2n) is 7.44. The van der Waals surface area contributed by atoms with Crippen molar-refractivity contribution < 1.29 is 37.4 Å². The normalized spacial score (nSPS) is 17.1. The molecule has 9 nitrogen and oxygen atoms in total. The molecule has 0 saturated heterocycles. The number of hydrogen-bond acceptors (Lipinski definition) is 7. The van der Waals surface area contributed by atoms with E-state index in [1.807, 2.05) is 0 Å². The van der Waals surface area contributed by atoms with Crippen molar-refractivity contribution in [2.45, 2.75) is 29.7 Å². The van der Waals surface area contributed by atoms with E-state index in [0.29, 0.717) is 12.2 Å². The molecule has 31 heavy (non-hydrogen) atoms. The number of carbonyl (C=O) groups excluding carboxylic acids is 1. The number of hydroxylamine groups is 1. The maximum absolute atomic E-state index is 13.0. The smallest absolute Gasteiger partial charge is 0.325 e. The Hall–Kier alpha value is -3.02. The quantitative estimate of drug-likeness (QED) is 0.349. The monoisotopic (exact) mass is 452 g/mol.